The summed E-state index contributed by atoms with van der Waals surface area (Å²) in [6.45, 7) is 1.17. The number of hydrogen-bond donors (Lipinski definition) is 2. The van der Waals surface area contributed by atoms with Gasteiger partial charge in [0.15, 0.2) is 5.69 Å². The number of nitrogens with one attached hydrogen (secondary N) is 1. The summed E-state index contributed by atoms with van der Waals surface area (Å²) in [6.07, 6.45) is 0. The molecule has 8 nitrogen and oxygen atoms in total. The van der Waals surface area contributed by atoms with E-state index in [0.29, 0.717) is 15.9 Å². The van der Waals surface area contributed by atoms with E-state index in [-0.39, 0.29) is 22.2 Å². The molecule has 0 saturated carbocycles. The summed E-state index contributed by atoms with van der Waals surface area (Å²) < 4.78 is 28.4. The molecule has 0 spiro atoms. The Hall–Kier alpha value is -3.21. The molecule has 1 aromatic heterocycles. The van der Waals surface area contributed by atoms with E-state index >= 15 is 0 Å². The van der Waals surface area contributed by atoms with Crippen LogP contribution in [0.5, 0.6) is 5.88 Å². The highest BCUT2D eigenvalue weighted by Crippen LogP contribution is 2.37. The number of H-pyrrole nitrogens is 1. The third-order valence-electron chi connectivity index (χ3n) is 5.03. The Balaban J connectivity index is 1.69. The lowest BCUT2D eigenvalue weighted by Gasteiger charge is -2.23. The first kappa shape index (κ1) is 23.9. The largest absolute Gasteiger partial charge is 0.493 e. The number of aromatic hydroxyl groups is 1. The van der Waals surface area contributed by atoms with Gasteiger partial charge in [-0.2, -0.15) is 0 Å². The van der Waals surface area contributed by atoms with Crippen molar-refractivity contribution in [2.75, 3.05) is 10.8 Å². The second-order valence-corrected chi connectivity index (χ2v) is 10.5. The molecule has 34 heavy (non-hydrogen) atoms. The molecule has 0 aliphatic carbocycles. The predicted octanol–water partition coefficient (Wildman–Crippen LogP) is 6.10. The molecule has 1 amide bonds. The van der Waals surface area contributed by atoms with Gasteiger partial charge < -0.3 is 10.1 Å². The van der Waals surface area contributed by atoms with Crippen molar-refractivity contribution in [3.63, 3.8) is 0 Å². The number of aromatic nitrogens is 1. The molecule has 0 saturated heterocycles. The molecule has 4 aromatic rings. The van der Waals surface area contributed by atoms with Gasteiger partial charge in [-0.25, -0.2) is 8.42 Å². The molecule has 0 bridgehead atoms. The molecule has 2 N–H and O–H groups in total. The third-order valence-corrected chi connectivity index (χ3v) is 7.72. The van der Waals surface area contributed by atoms with Crippen LogP contribution in [0.1, 0.15) is 5.56 Å². The van der Waals surface area contributed by atoms with Crippen molar-refractivity contribution in [3.05, 3.63) is 81.8 Å². The monoisotopic (exact) mass is 560 g/mol. The summed E-state index contributed by atoms with van der Waals surface area (Å²) in [5, 5.41) is 18.6. The summed E-state index contributed by atoms with van der Waals surface area (Å²) in [4.78, 5) is 15.5. The Morgan fingerprint density at radius 3 is 2.56 bits per heavy atom. The van der Waals surface area contributed by atoms with Crippen LogP contribution in [0.15, 0.2) is 86.3 Å². The van der Waals surface area contributed by atoms with Crippen LogP contribution in [0.3, 0.4) is 0 Å². The average molecular weight is 562 g/mol. The Bertz CT molecular complexity index is 1520. The lowest BCUT2D eigenvalue weighted by Crippen LogP contribution is -2.35. The summed E-state index contributed by atoms with van der Waals surface area (Å²) in [7, 11) is -4.11. The number of fused-ring (bicyclic) bond motifs is 1. The Morgan fingerprint density at radius 1 is 1.12 bits per heavy atom. The number of nitrogens with zero attached hydrogens (tertiary/aromatic N) is 3. The SMILES string of the molecule is Cc1ccc(N(CC(=O)N=Nc2c(O)[nH]c3ccc(Br)cc23)S(=O)(=O)c2ccccc2)cc1Cl. The van der Waals surface area contributed by atoms with Crippen LogP contribution in [0, 0.1) is 6.92 Å². The molecule has 174 valence electrons. The van der Waals surface area contributed by atoms with Crippen molar-refractivity contribution in [1.29, 1.82) is 0 Å². The smallest absolute Gasteiger partial charge is 0.285 e. The molecule has 0 atom stereocenters. The number of halogens is 2. The van der Waals surface area contributed by atoms with Gasteiger partial charge in [0.2, 0.25) is 5.88 Å². The van der Waals surface area contributed by atoms with Crippen molar-refractivity contribution in [3.8, 4) is 5.88 Å². The zero-order valence-electron chi connectivity index (χ0n) is 17.7. The number of hydrogen-bond acceptors (Lipinski definition) is 5. The highest BCUT2D eigenvalue weighted by molar-refractivity contribution is 9.10. The van der Waals surface area contributed by atoms with Gasteiger partial charge in [-0.1, -0.05) is 51.8 Å². The first-order valence-corrected chi connectivity index (χ1v) is 12.6. The van der Waals surface area contributed by atoms with Gasteiger partial charge in [-0.15, -0.1) is 10.2 Å². The Labute approximate surface area is 209 Å². The molecule has 0 aliphatic rings. The maximum atomic E-state index is 13.4. The van der Waals surface area contributed by atoms with Gasteiger partial charge >= 0.3 is 0 Å². The quantitative estimate of drug-likeness (QED) is 0.277. The van der Waals surface area contributed by atoms with E-state index in [1.165, 1.54) is 18.2 Å². The summed E-state index contributed by atoms with van der Waals surface area (Å²) >= 11 is 9.57. The zero-order valence-corrected chi connectivity index (χ0v) is 20.9. The van der Waals surface area contributed by atoms with Gasteiger partial charge in [0.1, 0.15) is 6.54 Å². The maximum Gasteiger partial charge on any atom is 0.285 e. The van der Waals surface area contributed by atoms with Crippen LogP contribution in [0.25, 0.3) is 10.9 Å². The van der Waals surface area contributed by atoms with Crippen molar-refractivity contribution in [1.82, 2.24) is 4.98 Å². The fourth-order valence-corrected chi connectivity index (χ4v) is 5.23. The highest BCUT2D eigenvalue weighted by atomic mass is 79.9. The van der Waals surface area contributed by atoms with E-state index in [9.17, 15) is 18.3 Å². The number of anilines is 1. The van der Waals surface area contributed by atoms with Crippen LogP contribution >= 0.6 is 27.5 Å². The topological polar surface area (TPSA) is 115 Å². The molecular weight excluding hydrogens is 544 g/mol. The van der Waals surface area contributed by atoms with E-state index in [2.05, 4.69) is 31.1 Å². The van der Waals surface area contributed by atoms with E-state index in [4.69, 9.17) is 11.6 Å². The molecule has 11 heteroatoms. The van der Waals surface area contributed by atoms with Gasteiger partial charge in [-0.05, 0) is 55.0 Å². The summed E-state index contributed by atoms with van der Waals surface area (Å²) in [6, 6.07) is 17.7. The number of amides is 1. The second kappa shape index (κ2) is 9.57. The minimum absolute atomic E-state index is 0.00978. The molecule has 0 fully saturated rings. The van der Waals surface area contributed by atoms with E-state index in [0.717, 1.165) is 14.3 Å². The molecule has 0 aliphatic heterocycles. The number of azo groups is 1. The van der Waals surface area contributed by atoms with Crippen LogP contribution < -0.4 is 4.31 Å². The summed E-state index contributed by atoms with van der Waals surface area (Å²) in [5.74, 6) is -1.09. The normalized spacial score (nSPS) is 11.9. The van der Waals surface area contributed by atoms with Gasteiger partial charge in [0.25, 0.3) is 15.9 Å². The Morgan fingerprint density at radius 2 is 1.85 bits per heavy atom. The lowest BCUT2D eigenvalue weighted by molar-refractivity contribution is -0.116. The van der Waals surface area contributed by atoms with E-state index in [1.54, 1.807) is 55.5 Å². The van der Waals surface area contributed by atoms with E-state index < -0.39 is 22.5 Å². The zero-order chi connectivity index (χ0) is 24.5. The second-order valence-electron chi connectivity index (χ2n) is 7.36. The fourth-order valence-electron chi connectivity index (χ4n) is 3.27. The minimum Gasteiger partial charge on any atom is -0.493 e. The molecule has 4 rings (SSSR count). The van der Waals surface area contributed by atoms with Crippen molar-refractivity contribution >= 4 is 65.7 Å². The number of aryl methyl sites for hydroxylation is 1. The molecule has 1 heterocycles. The van der Waals surface area contributed by atoms with Gasteiger partial charge in [0, 0.05) is 14.9 Å². The number of carbonyl (C=O) groups is 1. The summed E-state index contributed by atoms with van der Waals surface area (Å²) in [5.41, 5.74) is 1.64. The molecule has 0 unspecified atom stereocenters. The number of benzene rings is 3. The van der Waals surface area contributed by atoms with Gasteiger partial charge in [0.05, 0.1) is 16.1 Å². The standard InChI is InChI=1S/C23H18BrClN4O4S/c1-14-7-9-16(12-19(14)25)29(34(32,33)17-5-3-2-4-6-17)13-21(30)27-28-22-18-11-15(24)8-10-20(18)26-23(22)31/h2-12,26,31H,13H2,1H3. The number of carbonyl (C=O) groups excluding carboxylic acids is 1. The van der Waals surface area contributed by atoms with Crippen molar-refractivity contribution < 1.29 is 18.3 Å². The predicted molar refractivity (Wildman–Crippen MR) is 134 cm³/mol. The number of aromatic amines is 1. The lowest BCUT2D eigenvalue weighted by atomic mass is 10.2. The van der Waals surface area contributed by atoms with Crippen molar-refractivity contribution in [2.24, 2.45) is 10.2 Å². The average Bonchev–Trinajstić information content (AvgIpc) is 3.12. The fraction of sp³-hybridized carbons (Fsp3) is 0.0870. The number of sulfonamides is 1. The minimum atomic E-state index is -4.11. The first-order valence-electron chi connectivity index (χ1n) is 9.95. The molecule has 0 radical (unpaired) electrons. The third kappa shape index (κ3) is 4.84. The first-order chi connectivity index (χ1) is 16.2. The molecule has 3 aromatic carbocycles. The number of rotatable bonds is 6. The van der Waals surface area contributed by atoms with Crippen LogP contribution in [0.4, 0.5) is 11.4 Å². The Kier molecular flexibility index (Phi) is 6.74. The van der Waals surface area contributed by atoms with E-state index in [1.807, 2.05) is 0 Å². The van der Waals surface area contributed by atoms with Crippen LogP contribution in [0.2, 0.25) is 5.02 Å². The van der Waals surface area contributed by atoms with Crippen molar-refractivity contribution in [2.45, 2.75) is 11.8 Å². The maximum absolute atomic E-state index is 13.4. The highest BCUT2D eigenvalue weighted by Gasteiger charge is 2.27. The van der Waals surface area contributed by atoms with Crippen LogP contribution in [-0.4, -0.2) is 31.0 Å². The van der Waals surface area contributed by atoms with Gasteiger partial charge in [-0.3, -0.25) is 9.10 Å². The molecular formula is C23H18BrClN4O4S. The van der Waals surface area contributed by atoms with Crippen LogP contribution in [-0.2, 0) is 14.8 Å².